The molecule has 0 spiro atoms. The number of fused-ring (bicyclic) bond motifs is 2. The summed E-state index contributed by atoms with van der Waals surface area (Å²) in [7, 11) is 0. The Morgan fingerprint density at radius 1 is 0.871 bits per heavy atom. The van der Waals surface area contributed by atoms with Crippen molar-refractivity contribution in [2.24, 2.45) is 23.7 Å². The minimum atomic E-state index is -0.749. The maximum Gasteiger partial charge on any atom is 0.234 e. The molecule has 0 aliphatic heterocycles. The van der Waals surface area contributed by atoms with E-state index in [4.69, 9.17) is 36.3 Å². The maximum absolute atomic E-state index is 10.5. The van der Waals surface area contributed by atoms with E-state index in [0.717, 1.165) is 17.0 Å². The molecule has 2 aromatic carbocycles. The van der Waals surface area contributed by atoms with Crippen molar-refractivity contribution >= 4 is 28.8 Å². The first kappa shape index (κ1) is 20.6. The molecule has 0 aromatic heterocycles. The largest absolute Gasteiger partial charge is 0.385 e. The fraction of sp³-hybridized carbons (Fsp3) is 0.385. The van der Waals surface area contributed by atoms with Crippen LogP contribution in [0.1, 0.15) is 30.4 Å². The number of aliphatic hydroxyl groups is 1. The van der Waals surface area contributed by atoms with Crippen molar-refractivity contribution < 1.29 is 5.11 Å². The first-order valence-corrected chi connectivity index (χ1v) is 11.4. The van der Waals surface area contributed by atoms with Crippen molar-refractivity contribution in [3.63, 3.8) is 0 Å². The lowest BCUT2D eigenvalue weighted by Gasteiger charge is -2.25. The van der Waals surface area contributed by atoms with Gasteiger partial charge in [0.25, 0.3) is 0 Å². The summed E-state index contributed by atoms with van der Waals surface area (Å²) in [5, 5.41) is 12.0. The van der Waals surface area contributed by atoms with Gasteiger partial charge in [-0.15, -0.1) is 0 Å². The highest BCUT2D eigenvalue weighted by molar-refractivity contribution is 6.31. The number of rotatable bonds is 2. The Morgan fingerprint density at radius 2 is 1.52 bits per heavy atom. The van der Waals surface area contributed by atoms with Gasteiger partial charge in [0.15, 0.2) is 0 Å². The molecule has 156 valence electrons. The van der Waals surface area contributed by atoms with E-state index in [1.54, 1.807) is 0 Å². The summed E-state index contributed by atoms with van der Waals surface area (Å²) >= 11 is 11.9. The fourth-order valence-corrected chi connectivity index (χ4v) is 5.92. The molecular weight excluding hydrogens is 427 g/mol. The highest BCUT2D eigenvalue weighted by Crippen LogP contribution is 2.61. The summed E-state index contributed by atoms with van der Waals surface area (Å²) in [5.41, 5.74) is 2.74. The predicted octanol–water partition coefficient (Wildman–Crippen LogP) is 6.52. The maximum atomic E-state index is 10.5. The van der Waals surface area contributed by atoms with Crippen LogP contribution in [0.3, 0.4) is 0 Å². The third kappa shape index (κ3) is 3.77. The number of hydrogen-bond donors (Lipinski definition) is 1. The zero-order valence-corrected chi connectivity index (χ0v) is 18.4. The van der Waals surface area contributed by atoms with Gasteiger partial charge in [0.1, 0.15) is 0 Å². The molecule has 0 saturated heterocycles. The van der Waals surface area contributed by atoms with Gasteiger partial charge in [-0.3, -0.25) is 0 Å². The molecular formula is C26H22Cl2N2O. The topological polar surface area (TPSA) is 28.9 Å². The number of nitrogens with zero attached hydrogens (tertiary/aromatic N) is 2. The molecule has 3 saturated carbocycles. The number of benzene rings is 2. The normalized spacial score (nSPS) is 36.1. The highest BCUT2D eigenvalue weighted by Gasteiger charge is 2.67. The van der Waals surface area contributed by atoms with Gasteiger partial charge >= 0.3 is 0 Å². The van der Waals surface area contributed by atoms with Crippen molar-refractivity contribution in [3.8, 4) is 0 Å². The lowest BCUT2D eigenvalue weighted by atomic mass is 9.88. The van der Waals surface area contributed by atoms with Crippen molar-refractivity contribution in [2.45, 2.75) is 36.9 Å². The molecule has 0 bridgehead atoms. The lowest BCUT2D eigenvalue weighted by Crippen LogP contribution is -2.24. The third-order valence-corrected chi connectivity index (χ3v) is 7.79. The molecule has 6 rings (SSSR count). The van der Waals surface area contributed by atoms with Crippen molar-refractivity contribution in [3.05, 3.63) is 98.6 Å². The second-order valence-electron chi connectivity index (χ2n) is 9.16. The van der Waals surface area contributed by atoms with Crippen LogP contribution in [-0.4, -0.2) is 17.2 Å². The second-order valence-corrected chi connectivity index (χ2v) is 10.0. The van der Waals surface area contributed by atoms with E-state index in [1.807, 2.05) is 42.5 Å². The number of allylic oxidation sites excluding steroid dienone is 1. The van der Waals surface area contributed by atoms with Gasteiger partial charge < -0.3 is 14.8 Å². The van der Waals surface area contributed by atoms with Gasteiger partial charge in [0.05, 0.1) is 17.4 Å². The van der Waals surface area contributed by atoms with Crippen molar-refractivity contribution in [1.82, 2.24) is 0 Å². The van der Waals surface area contributed by atoms with Gasteiger partial charge in [0, 0.05) is 21.9 Å². The summed E-state index contributed by atoms with van der Waals surface area (Å²) < 4.78 is 0. The fourth-order valence-electron chi connectivity index (χ4n) is 5.54. The number of halogens is 2. The van der Waals surface area contributed by atoms with Crippen LogP contribution < -0.4 is 0 Å². The average Bonchev–Trinajstić information content (AvgIpc) is 3.47. The molecule has 3 nitrogen and oxygen atoms in total. The standard InChI is InChI=1S/C13H12ClNO.C13H10ClN/c1-15-12-10-6-13(16,7-11(10)12)8-3-2-4-9(14)5-8;1-15-13-11-6-9(7-12(11)13)8-3-2-4-10(14)5-8/h2-5,10-12,16H,6-7H2;2-6,11-13H,7H2/t10-,11+,12?,13?;11-,12+,13+/m.0/s1. The quantitative estimate of drug-likeness (QED) is 0.520. The monoisotopic (exact) mass is 448 g/mol. The molecule has 4 aliphatic rings. The van der Waals surface area contributed by atoms with Crippen LogP contribution in [-0.2, 0) is 5.60 Å². The van der Waals surface area contributed by atoms with Crippen LogP contribution in [0.2, 0.25) is 10.0 Å². The summed E-state index contributed by atoms with van der Waals surface area (Å²) in [4.78, 5) is 7.18. The van der Waals surface area contributed by atoms with Gasteiger partial charge in [-0.05, 0) is 60.2 Å². The van der Waals surface area contributed by atoms with E-state index < -0.39 is 5.60 Å². The Bertz CT molecular complexity index is 1130. The van der Waals surface area contributed by atoms with E-state index in [2.05, 4.69) is 21.8 Å². The molecule has 0 radical (unpaired) electrons. The first-order valence-electron chi connectivity index (χ1n) is 10.6. The molecule has 31 heavy (non-hydrogen) atoms. The molecule has 3 fully saturated rings. The van der Waals surface area contributed by atoms with Gasteiger partial charge in [0.2, 0.25) is 12.1 Å². The Hall–Kier alpha value is -2.30. The van der Waals surface area contributed by atoms with Crippen molar-refractivity contribution in [2.75, 3.05) is 0 Å². The smallest absolute Gasteiger partial charge is 0.234 e. The molecule has 1 N–H and O–H groups in total. The molecule has 4 aliphatic carbocycles. The minimum Gasteiger partial charge on any atom is -0.385 e. The summed E-state index contributed by atoms with van der Waals surface area (Å²) in [6, 6.07) is 15.8. The molecule has 7 atom stereocenters. The zero-order chi connectivity index (χ0) is 21.8. The summed E-state index contributed by atoms with van der Waals surface area (Å²) in [6.07, 6.45) is 4.74. The first-order chi connectivity index (χ1) is 14.9. The van der Waals surface area contributed by atoms with Crippen LogP contribution in [0.5, 0.6) is 0 Å². The van der Waals surface area contributed by atoms with Crippen LogP contribution in [0.15, 0.2) is 54.6 Å². The molecule has 5 heteroatoms. The predicted molar refractivity (Wildman–Crippen MR) is 123 cm³/mol. The molecule has 0 heterocycles. The Kier molecular flexibility index (Phi) is 5.10. The van der Waals surface area contributed by atoms with Gasteiger partial charge in [-0.25, -0.2) is 13.1 Å². The van der Waals surface area contributed by atoms with E-state index in [9.17, 15) is 5.11 Å². The summed E-state index contributed by atoms with van der Waals surface area (Å²) in [6.45, 7) is 14.0. The van der Waals surface area contributed by atoms with Crippen molar-refractivity contribution in [1.29, 1.82) is 0 Å². The Labute approximate surface area is 192 Å². The average molecular weight is 449 g/mol. The van der Waals surface area contributed by atoms with Crippen LogP contribution in [0.4, 0.5) is 0 Å². The van der Waals surface area contributed by atoms with Gasteiger partial charge in [-0.2, -0.15) is 0 Å². The van der Waals surface area contributed by atoms with E-state index >= 15 is 0 Å². The number of hydrogen-bond acceptors (Lipinski definition) is 1. The third-order valence-electron chi connectivity index (χ3n) is 7.32. The van der Waals surface area contributed by atoms with Crippen LogP contribution >= 0.6 is 23.2 Å². The summed E-state index contributed by atoms with van der Waals surface area (Å²) in [5.74, 6) is 1.93. The van der Waals surface area contributed by atoms with Crippen LogP contribution in [0, 0.1) is 36.8 Å². The Balaban J connectivity index is 0.000000132. The van der Waals surface area contributed by atoms with E-state index in [0.29, 0.717) is 41.5 Å². The highest BCUT2D eigenvalue weighted by atomic mass is 35.5. The SMILES string of the molecule is [C-]#[N+]C1[C@H]2CC(O)(c3cccc(Cl)c3)C[C@@H]12.[C-]#[N+][C@@H]1[C@H]2C=C(c3cccc(Cl)c3)C[C@H]21. The Morgan fingerprint density at radius 3 is 2.06 bits per heavy atom. The second kappa shape index (κ2) is 7.68. The van der Waals surface area contributed by atoms with E-state index in [1.165, 1.54) is 11.1 Å². The minimum absolute atomic E-state index is 0.166. The van der Waals surface area contributed by atoms with Crippen LogP contribution in [0.25, 0.3) is 15.3 Å². The van der Waals surface area contributed by atoms with E-state index in [-0.39, 0.29) is 12.1 Å². The lowest BCUT2D eigenvalue weighted by molar-refractivity contribution is 0.0306. The molecule has 2 unspecified atom stereocenters. The van der Waals surface area contributed by atoms with Gasteiger partial charge in [-0.1, -0.05) is 53.5 Å². The zero-order valence-electron chi connectivity index (χ0n) is 16.9. The molecule has 2 aromatic rings. The molecule has 0 amide bonds.